The predicted molar refractivity (Wildman–Crippen MR) is 95.3 cm³/mol. The molecule has 1 amide bonds. The van der Waals surface area contributed by atoms with E-state index < -0.39 is 0 Å². The molecule has 0 saturated heterocycles. The minimum Gasteiger partial charge on any atom is -0.497 e. The van der Waals surface area contributed by atoms with Gasteiger partial charge < -0.3 is 15.0 Å². The van der Waals surface area contributed by atoms with Gasteiger partial charge in [-0.1, -0.05) is 12.1 Å². The molecule has 0 aromatic heterocycles. The molecule has 1 atom stereocenters. The van der Waals surface area contributed by atoms with Crippen LogP contribution < -0.4 is 15.0 Å². The van der Waals surface area contributed by atoms with E-state index in [9.17, 15) is 4.79 Å². The van der Waals surface area contributed by atoms with Crippen LogP contribution in [0, 0.1) is 0 Å². The highest BCUT2D eigenvalue weighted by Gasteiger charge is 2.12. The zero-order valence-corrected chi connectivity index (χ0v) is 14.6. The number of carbonyl (C=O) groups excluding carboxylic acids is 1. The summed E-state index contributed by atoms with van der Waals surface area (Å²) in [7, 11) is 3.67. The number of anilines is 1. The first-order valence-corrected chi connectivity index (χ1v) is 8.72. The Morgan fingerprint density at radius 1 is 1.17 bits per heavy atom. The van der Waals surface area contributed by atoms with Crippen LogP contribution in [0.3, 0.4) is 0 Å². The second-order valence-electron chi connectivity index (χ2n) is 5.41. The molecular formula is C18H23N2O2S+. The van der Waals surface area contributed by atoms with Crippen LogP contribution >= 0.6 is 11.8 Å². The van der Waals surface area contributed by atoms with Gasteiger partial charge in [-0.05, 0) is 42.7 Å². The van der Waals surface area contributed by atoms with Gasteiger partial charge in [0, 0.05) is 10.5 Å². The normalized spacial score (nSPS) is 11.8. The lowest BCUT2D eigenvalue weighted by Gasteiger charge is -2.15. The van der Waals surface area contributed by atoms with E-state index in [0.717, 1.165) is 27.8 Å². The summed E-state index contributed by atoms with van der Waals surface area (Å²) in [5.41, 5.74) is 2.06. The quantitative estimate of drug-likeness (QED) is 0.764. The van der Waals surface area contributed by atoms with E-state index in [2.05, 4.69) is 5.32 Å². The van der Waals surface area contributed by atoms with Crippen molar-refractivity contribution in [2.75, 3.05) is 32.3 Å². The highest BCUT2D eigenvalue weighted by molar-refractivity contribution is 7.98. The van der Waals surface area contributed by atoms with Crippen LogP contribution in [0.1, 0.15) is 5.56 Å². The van der Waals surface area contributed by atoms with Gasteiger partial charge in [-0.2, -0.15) is 0 Å². The minimum atomic E-state index is 0.0255. The number of thioether (sulfide) groups is 1. The van der Waals surface area contributed by atoms with Gasteiger partial charge in [0.2, 0.25) is 0 Å². The zero-order valence-electron chi connectivity index (χ0n) is 13.8. The molecule has 0 fully saturated rings. The lowest BCUT2D eigenvalue weighted by molar-refractivity contribution is -0.885. The number of para-hydroxylation sites is 1. The Morgan fingerprint density at radius 2 is 1.87 bits per heavy atom. The Bertz CT molecular complexity index is 644. The van der Waals surface area contributed by atoms with Crippen LogP contribution in [0.5, 0.6) is 5.75 Å². The molecule has 2 aromatic rings. The molecule has 122 valence electrons. The Kier molecular flexibility index (Phi) is 6.50. The molecule has 0 aliphatic heterocycles. The van der Waals surface area contributed by atoms with Crippen molar-refractivity contribution in [3.05, 3.63) is 54.1 Å². The largest absolute Gasteiger partial charge is 0.497 e. The minimum absolute atomic E-state index is 0.0255. The molecule has 0 radical (unpaired) electrons. The molecule has 5 heteroatoms. The number of hydrogen-bond donors (Lipinski definition) is 2. The van der Waals surface area contributed by atoms with E-state index in [-0.39, 0.29) is 5.91 Å². The molecule has 4 nitrogen and oxygen atoms in total. The Morgan fingerprint density at radius 3 is 2.52 bits per heavy atom. The average Bonchev–Trinajstić information content (AvgIpc) is 2.55. The topological polar surface area (TPSA) is 42.8 Å². The van der Waals surface area contributed by atoms with E-state index >= 15 is 0 Å². The summed E-state index contributed by atoms with van der Waals surface area (Å²) in [5.74, 6) is 0.871. The highest BCUT2D eigenvalue weighted by Crippen LogP contribution is 2.24. The number of quaternary nitrogens is 1. The predicted octanol–water partition coefficient (Wildman–Crippen LogP) is 2.07. The van der Waals surface area contributed by atoms with Crippen molar-refractivity contribution >= 4 is 23.4 Å². The van der Waals surface area contributed by atoms with E-state index in [1.807, 2.05) is 61.8 Å². The average molecular weight is 331 g/mol. The Balaban J connectivity index is 1.88. The van der Waals surface area contributed by atoms with Gasteiger partial charge in [-0.15, -0.1) is 11.8 Å². The fourth-order valence-corrected chi connectivity index (χ4v) is 2.92. The SMILES string of the molecule is COc1ccc(C[NH+](C)CC(=O)Nc2ccccc2SC)cc1. The second kappa shape index (κ2) is 8.60. The monoisotopic (exact) mass is 331 g/mol. The first-order chi connectivity index (χ1) is 11.1. The van der Waals surface area contributed by atoms with Crippen LogP contribution in [-0.4, -0.2) is 32.9 Å². The molecule has 0 spiro atoms. The molecular weight excluding hydrogens is 308 g/mol. The van der Waals surface area contributed by atoms with Crippen LogP contribution in [0.2, 0.25) is 0 Å². The first kappa shape index (κ1) is 17.4. The Hall–Kier alpha value is -1.98. The molecule has 2 N–H and O–H groups in total. The molecule has 0 saturated carbocycles. The van der Waals surface area contributed by atoms with Crippen molar-refractivity contribution in [3.8, 4) is 5.75 Å². The summed E-state index contributed by atoms with van der Waals surface area (Å²) >= 11 is 1.63. The molecule has 23 heavy (non-hydrogen) atoms. The Labute approximate surface area is 141 Å². The number of benzene rings is 2. The number of hydrogen-bond acceptors (Lipinski definition) is 3. The van der Waals surface area contributed by atoms with E-state index in [4.69, 9.17) is 4.74 Å². The maximum absolute atomic E-state index is 12.2. The summed E-state index contributed by atoms with van der Waals surface area (Å²) < 4.78 is 5.15. The van der Waals surface area contributed by atoms with Gasteiger partial charge in [0.05, 0.1) is 19.8 Å². The van der Waals surface area contributed by atoms with Crippen LogP contribution in [0.25, 0.3) is 0 Å². The summed E-state index contributed by atoms with van der Waals surface area (Å²) in [6, 6.07) is 15.8. The molecule has 0 heterocycles. The van der Waals surface area contributed by atoms with Gasteiger partial charge in [0.1, 0.15) is 12.3 Å². The number of ether oxygens (including phenoxy) is 1. The maximum Gasteiger partial charge on any atom is 0.279 e. The fourth-order valence-electron chi connectivity index (χ4n) is 2.37. The van der Waals surface area contributed by atoms with Crippen molar-refractivity contribution in [2.45, 2.75) is 11.4 Å². The van der Waals surface area contributed by atoms with Gasteiger partial charge in [-0.3, -0.25) is 4.79 Å². The zero-order chi connectivity index (χ0) is 16.7. The molecule has 1 unspecified atom stereocenters. The summed E-state index contributed by atoms with van der Waals surface area (Å²) in [4.78, 5) is 14.4. The third-order valence-electron chi connectivity index (χ3n) is 3.51. The third-order valence-corrected chi connectivity index (χ3v) is 4.30. The van der Waals surface area contributed by atoms with Gasteiger partial charge in [0.15, 0.2) is 6.54 Å². The summed E-state index contributed by atoms with van der Waals surface area (Å²) in [6.45, 7) is 1.22. The molecule has 0 aliphatic carbocycles. The number of nitrogens with one attached hydrogen (secondary N) is 2. The van der Waals surface area contributed by atoms with Gasteiger partial charge >= 0.3 is 0 Å². The third kappa shape index (κ3) is 5.30. The van der Waals surface area contributed by atoms with Crippen LogP contribution in [0.15, 0.2) is 53.4 Å². The number of rotatable bonds is 7. The number of likely N-dealkylation sites (N-methyl/N-ethyl adjacent to an activating group) is 1. The number of methoxy groups -OCH3 is 1. The summed E-state index contributed by atoms with van der Waals surface area (Å²) in [6.07, 6.45) is 2.01. The first-order valence-electron chi connectivity index (χ1n) is 7.49. The highest BCUT2D eigenvalue weighted by atomic mass is 32.2. The fraction of sp³-hybridized carbons (Fsp3) is 0.278. The molecule has 0 bridgehead atoms. The van der Waals surface area contributed by atoms with E-state index in [0.29, 0.717) is 6.54 Å². The molecule has 2 rings (SSSR count). The summed E-state index contributed by atoms with van der Waals surface area (Å²) in [5, 5.41) is 3.00. The maximum atomic E-state index is 12.2. The number of carbonyl (C=O) groups is 1. The van der Waals surface area contributed by atoms with Gasteiger partial charge in [-0.25, -0.2) is 0 Å². The van der Waals surface area contributed by atoms with Crippen molar-refractivity contribution in [2.24, 2.45) is 0 Å². The lowest BCUT2D eigenvalue weighted by atomic mass is 10.2. The van der Waals surface area contributed by atoms with Crippen molar-refractivity contribution in [3.63, 3.8) is 0 Å². The van der Waals surface area contributed by atoms with Crippen LogP contribution in [-0.2, 0) is 11.3 Å². The second-order valence-corrected chi connectivity index (χ2v) is 6.26. The standard InChI is InChI=1S/C18H22N2O2S/c1-20(12-14-8-10-15(22-2)11-9-14)13-18(21)19-16-6-4-5-7-17(16)23-3/h4-11H,12-13H2,1-3H3,(H,19,21)/p+1. The van der Waals surface area contributed by atoms with Crippen molar-refractivity contribution in [1.82, 2.24) is 0 Å². The smallest absolute Gasteiger partial charge is 0.279 e. The van der Waals surface area contributed by atoms with Crippen LogP contribution in [0.4, 0.5) is 5.69 Å². The molecule has 0 aliphatic rings. The van der Waals surface area contributed by atoms with E-state index in [1.165, 1.54) is 5.56 Å². The van der Waals surface area contributed by atoms with Gasteiger partial charge in [0.25, 0.3) is 5.91 Å². The van der Waals surface area contributed by atoms with Crippen molar-refractivity contribution in [1.29, 1.82) is 0 Å². The van der Waals surface area contributed by atoms with E-state index in [1.54, 1.807) is 18.9 Å². The van der Waals surface area contributed by atoms with Crippen molar-refractivity contribution < 1.29 is 14.4 Å². The molecule has 2 aromatic carbocycles. The number of amides is 1. The lowest BCUT2D eigenvalue weighted by Crippen LogP contribution is -3.08.